The van der Waals surface area contributed by atoms with Crippen molar-refractivity contribution < 1.29 is 9.13 Å². The van der Waals surface area contributed by atoms with Crippen LogP contribution in [0.4, 0.5) is 16.0 Å². The topological polar surface area (TPSA) is 47.0 Å². The molecular weight excluding hydrogens is 369 g/mol. The summed E-state index contributed by atoms with van der Waals surface area (Å²) < 4.78 is 19.9. The number of hydrogen-bond donors (Lipinski definition) is 1. The molecule has 1 aromatic heterocycles. The van der Waals surface area contributed by atoms with Crippen LogP contribution in [0.1, 0.15) is 0 Å². The van der Waals surface area contributed by atoms with Gasteiger partial charge in [0.15, 0.2) is 0 Å². The quantitative estimate of drug-likeness (QED) is 0.882. The normalized spacial score (nSPS) is 10.2. The first-order valence-corrected chi connectivity index (χ1v) is 6.48. The van der Waals surface area contributed by atoms with Gasteiger partial charge in [0, 0.05) is 4.47 Å². The SMILES string of the molecule is COc1nc(Nc2c(F)cccc2Br)ncc1Br. The van der Waals surface area contributed by atoms with Gasteiger partial charge in [-0.2, -0.15) is 4.98 Å². The lowest BCUT2D eigenvalue weighted by atomic mass is 10.3. The monoisotopic (exact) mass is 375 g/mol. The maximum absolute atomic E-state index is 13.6. The molecule has 1 N–H and O–H groups in total. The van der Waals surface area contributed by atoms with Gasteiger partial charge in [-0.3, -0.25) is 0 Å². The molecule has 94 valence electrons. The van der Waals surface area contributed by atoms with Gasteiger partial charge in [0.2, 0.25) is 11.8 Å². The van der Waals surface area contributed by atoms with Crippen LogP contribution >= 0.6 is 31.9 Å². The molecule has 2 aromatic rings. The molecule has 1 aromatic carbocycles. The smallest absolute Gasteiger partial charge is 0.232 e. The lowest BCUT2D eigenvalue weighted by Crippen LogP contribution is -2.01. The third-order valence-electron chi connectivity index (χ3n) is 2.10. The Bertz CT molecular complexity index is 560. The minimum absolute atomic E-state index is 0.251. The van der Waals surface area contributed by atoms with E-state index in [1.165, 1.54) is 19.4 Å². The number of benzene rings is 1. The molecule has 0 aliphatic heterocycles. The maximum Gasteiger partial charge on any atom is 0.232 e. The zero-order valence-corrected chi connectivity index (χ0v) is 12.4. The maximum atomic E-state index is 13.6. The first-order valence-electron chi connectivity index (χ1n) is 4.89. The van der Waals surface area contributed by atoms with Crippen LogP contribution in [-0.2, 0) is 0 Å². The summed E-state index contributed by atoms with van der Waals surface area (Å²) in [5.41, 5.74) is 0.280. The van der Waals surface area contributed by atoms with Crippen LogP contribution in [0.3, 0.4) is 0 Å². The number of methoxy groups -OCH3 is 1. The highest BCUT2D eigenvalue weighted by molar-refractivity contribution is 9.11. The predicted molar refractivity (Wildman–Crippen MR) is 73.7 cm³/mol. The minimum Gasteiger partial charge on any atom is -0.480 e. The molecule has 18 heavy (non-hydrogen) atoms. The van der Waals surface area contributed by atoms with Crippen LogP contribution in [0.5, 0.6) is 5.88 Å². The van der Waals surface area contributed by atoms with Crippen LogP contribution in [0, 0.1) is 5.82 Å². The van der Waals surface area contributed by atoms with Crippen molar-refractivity contribution in [3.05, 3.63) is 39.2 Å². The van der Waals surface area contributed by atoms with E-state index in [1.807, 2.05) is 0 Å². The third-order valence-corrected chi connectivity index (χ3v) is 3.31. The number of nitrogens with zero attached hydrogens (tertiary/aromatic N) is 2. The molecule has 0 atom stereocenters. The molecule has 0 radical (unpaired) electrons. The van der Waals surface area contributed by atoms with E-state index in [0.717, 1.165) is 0 Å². The highest BCUT2D eigenvalue weighted by atomic mass is 79.9. The summed E-state index contributed by atoms with van der Waals surface area (Å²) in [4.78, 5) is 8.12. The summed E-state index contributed by atoms with van der Waals surface area (Å²) in [5.74, 6) is 0.232. The minimum atomic E-state index is -0.394. The average Bonchev–Trinajstić information content (AvgIpc) is 2.36. The summed E-state index contributed by atoms with van der Waals surface area (Å²) in [6, 6.07) is 4.68. The lowest BCUT2D eigenvalue weighted by Gasteiger charge is -2.09. The fourth-order valence-electron chi connectivity index (χ4n) is 1.28. The molecule has 4 nitrogen and oxygen atoms in total. The zero-order chi connectivity index (χ0) is 13.1. The molecule has 2 rings (SSSR count). The van der Waals surface area contributed by atoms with Crippen molar-refractivity contribution in [3.8, 4) is 5.88 Å². The summed E-state index contributed by atoms with van der Waals surface area (Å²) in [6.45, 7) is 0. The molecule has 0 fully saturated rings. The van der Waals surface area contributed by atoms with E-state index in [9.17, 15) is 4.39 Å². The van der Waals surface area contributed by atoms with E-state index >= 15 is 0 Å². The Hall–Kier alpha value is -1.21. The van der Waals surface area contributed by atoms with E-state index in [2.05, 4.69) is 47.1 Å². The molecule has 1 heterocycles. The first kappa shape index (κ1) is 13.2. The molecule has 7 heteroatoms. The van der Waals surface area contributed by atoms with Gasteiger partial charge < -0.3 is 10.1 Å². The van der Waals surface area contributed by atoms with Crippen molar-refractivity contribution in [1.29, 1.82) is 0 Å². The molecule has 0 amide bonds. The predicted octanol–water partition coefficient (Wildman–Crippen LogP) is 3.89. The Morgan fingerprint density at radius 3 is 2.72 bits per heavy atom. The van der Waals surface area contributed by atoms with Gasteiger partial charge in [-0.1, -0.05) is 6.07 Å². The van der Waals surface area contributed by atoms with Gasteiger partial charge in [-0.15, -0.1) is 0 Å². The number of nitrogens with one attached hydrogen (secondary N) is 1. The lowest BCUT2D eigenvalue weighted by molar-refractivity contribution is 0.394. The Balaban J connectivity index is 2.34. The van der Waals surface area contributed by atoms with Crippen LogP contribution in [-0.4, -0.2) is 17.1 Å². The van der Waals surface area contributed by atoms with Crippen LogP contribution in [0.2, 0.25) is 0 Å². The van der Waals surface area contributed by atoms with Gasteiger partial charge in [-0.25, -0.2) is 9.37 Å². The van der Waals surface area contributed by atoms with E-state index in [1.54, 1.807) is 12.1 Å². The van der Waals surface area contributed by atoms with Crippen LogP contribution in [0.25, 0.3) is 0 Å². The van der Waals surface area contributed by atoms with Crippen molar-refractivity contribution in [2.45, 2.75) is 0 Å². The van der Waals surface area contributed by atoms with Crippen molar-refractivity contribution in [2.24, 2.45) is 0 Å². The van der Waals surface area contributed by atoms with Gasteiger partial charge in [-0.05, 0) is 44.0 Å². The molecule has 0 bridgehead atoms. The van der Waals surface area contributed by atoms with Crippen molar-refractivity contribution >= 4 is 43.5 Å². The molecule has 0 saturated carbocycles. The molecule has 0 saturated heterocycles. The number of para-hydroxylation sites is 1. The number of anilines is 2. The van der Waals surface area contributed by atoms with Crippen LogP contribution in [0.15, 0.2) is 33.3 Å². The number of ether oxygens (including phenoxy) is 1. The second kappa shape index (κ2) is 5.62. The Morgan fingerprint density at radius 2 is 2.06 bits per heavy atom. The number of halogens is 3. The number of aromatic nitrogens is 2. The fraction of sp³-hybridized carbons (Fsp3) is 0.0909. The van der Waals surface area contributed by atoms with Gasteiger partial charge >= 0.3 is 0 Å². The van der Waals surface area contributed by atoms with Crippen molar-refractivity contribution in [3.63, 3.8) is 0 Å². The highest BCUT2D eigenvalue weighted by Crippen LogP contribution is 2.29. The van der Waals surface area contributed by atoms with Crippen LogP contribution < -0.4 is 10.1 Å². The summed E-state index contributed by atoms with van der Waals surface area (Å²) >= 11 is 6.50. The van der Waals surface area contributed by atoms with Gasteiger partial charge in [0.25, 0.3) is 0 Å². The highest BCUT2D eigenvalue weighted by Gasteiger charge is 2.10. The van der Waals surface area contributed by atoms with E-state index in [-0.39, 0.29) is 11.6 Å². The molecule has 0 aliphatic rings. The third kappa shape index (κ3) is 2.78. The molecule has 0 aliphatic carbocycles. The average molecular weight is 377 g/mol. The Morgan fingerprint density at radius 1 is 1.28 bits per heavy atom. The second-order valence-corrected chi connectivity index (χ2v) is 4.98. The van der Waals surface area contributed by atoms with Gasteiger partial charge in [0.05, 0.1) is 23.5 Å². The Kier molecular flexibility index (Phi) is 4.13. The van der Waals surface area contributed by atoms with E-state index in [0.29, 0.717) is 14.8 Å². The molecule has 0 spiro atoms. The largest absolute Gasteiger partial charge is 0.480 e. The van der Waals surface area contributed by atoms with E-state index < -0.39 is 5.82 Å². The zero-order valence-electron chi connectivity index (χ0n) is 9.25. The van der Waals surface area contributed by atoms with E-state index in [4.69, 9.17) is 4.74 Å². The summed E-state index contributed by atoms with van der Waals surface area (Å²) in [5, 5.41) is 2.80. The number of hydrogen-bond acceptors (Lipinski definition) is 4. The molecular formula is C11H8Br2FN3O. The standard InChI is InChI=1S/C11H8Br2FN3O/c1-18-10-7(13)5-15-11(17-10)16-9-6(12)3-2-4-8(9)14/h2-5H,1H3,(H,15,16,17). The summed E-state index contributed by atoms with van der Waals surface area (Å²) in [7, 11) is 1.50. The van der Waals surface area contributed by atoms with Crippen molar-refractivity contribution in [2.75, 3.05) is 12.4 Å². The number of rotatable bonds is 3. The van der Waals surface area contributed by atoms with Gasteiger partial charge in [0.1, 0.15) is 5.82 Å². The molecule has 0 unspecified atom stereocenters. The Labute approximate surface area is 120 Å². The first-order chi connectivity index (χ1) is 8.61. The second-order valence-electron chi connectivity index (χ2n) is 3.27. The van der Waals surface area contributed by atoms with Crippen molar-refractivity contribution in [1.82, 2.24) is 9.97 Å². The fourth-order valence-corrected chi connectivity index (χ4v) is 2.08. The summed E-state index contributed by atoms with van der Waals surface area (Å²) in [6.07, 6.45) is 1.53.